The Morgan fingerprint density at radius 1 is 1.03 bits per heavy atom. The molecule has 0 fully saturated rings. The van der Waals surface area contributed by atoms with Crippen LogP contribution in [0.3, 0.4) is 0 Å². The molecule has 0 spiro atoms. The largest absolute Gasteiger partial charge is 0.463 e. The Morgan fingerprint density at radius 3 is 2.05 bits per heavy atom. The van der Waals surface area contributed by atoms with Gasteiger partial charge in [-0.15, -0.1) is 0 Å². The number of hydrogen-bond donors (Lipinski definition) is 2. The van der Waals surface area contributed by atoms with Gasteiger partial charge in [-0.2, -0.15) is 0 Å². The lowest BCUT2D eigenvalue weighted by Crippen LogP contribution is -2.61. The molecule has 7 nitrogen and oxygen atoms in total. The Balaban J connectivity index is 3.33. The molecule has 2 N–H and O–H groups in total. The first-order valence-electron chi connectivity index (χ1n) is 13.3. The van der Waals surface area contributed by atoms with Crippen molar-refractivity contribution in [2.75, 3.05) is 20.7 Å². The van der Waals surface area contributed by atoms with Gasteiger partial charge in [-0.1, -0.05) is 91.3 Å². The third kappa shape index (κ3) is 8.42. The molecule has 0 saturated carbocycles. The molecule has 0 aliphatic rings. The van der Waals surface area contributed by atoms with Crippen LogP contribution in [0.4, 0.5) is 0 Å². The van der Waals surface area contributed by atoms with E-state index in [2.05, 4.69) is 17.6 Å². The molecule has 37 heavy (non-hydrogen) atoms. The van der Waals surface area contributed by atoms with Gasteiger partial charge in [-0.25, -0.2) is 4.79 Å². The van der Waals surface area contributed by atoms with Crippen molar-refractivity contribution >= 4 is 17.8 Å². The summed E-state index contributed by atoms with van der Waals surface area (Å²) in [6, 6.07) is 8.22. The van der Waals surface area contributed by atoms with Gasteiger partial charge in [0, 0.05) is 18.0 Å². The number of benzene rings is 1. The van der Waals surface area contributed by atoms with Crippen molar-refractivity contribution in [2.24, 2.45) is 11.3 Å². The molecule has 0 aliphatic heterocycles. The number of esters is 1. The van der Waals surface area contributed by atoms with Crippen LogP contribution in [0, 0.1) is 11.3 Å². The summed E-state index contributed by atoms with van der Waals surface area (Å²) in [6.45, 7) is 17.7. The van der Waals surface area contributed by atoms with E-state index in [-0.39, 0.29) is 30.4 Å². The predicted molar refractivity (Wildman–Crippen MR) is 150 cm³/mol. The summed E-state index contributed by atoms with van der Waals surface area (Å²) in [5.74, 6) is -0.739. The van der Waals surface area contributed by atoms with Crippen molar-refractivity contribution < 1.29 is 19.1 Å². The Hall–Kier alpha value is -2.67. The molecule has 7 heteroatoms. The summed E-state index contributed by atoms with van der Waals surface area (Å²) in [6.07, 6.45) is 2.62. The molecule has 0 heterocycles. The third-order valence-corrected chi connectivity index (χ3v) is 7.23. The molecule has 4 atom stereocenters. The number of rotatable bonds is 12. The standard InChI is InChI=1S/C30H49N3O4/c1-12-20(3)23(19-21(4)28(36)37-13-2)33(11)27(35)25(29(5,6)7)32-26(34)24(31-10)30(8,9)22-17-15-14-16-18-22/h14-20,23-25,31H,12-13H2,1-11H3,(H,32,34)/b21-19+/t20?,23-,24-,25?/m1/s1. The van der Waals surface area contributed by atoms with Gasteiger partial charge in [-0.05, 0) is 37.8 Å². The fraction of sp³-hybridized carbons (Fsp3) is 0.633. The summed E-state index contributed by atoms with van der Waals surface area (Å²) in [4.78, 5) is 41.5. The number of ether oxygens (including phenoxy) is 1. The molecule has 0 aliphatic carbocycles. The van der Waals surface area contributed by atoms with Crippen LogP contribution in [0.25, 0.3) is 0 Å². The van der Waals surface area contributed by atoms with E-state index in [4.69, 9.17) is 4.74 Å². The average Bonchev–Trinajstić information content (AvgIpc) is 2.84. The SMILES string of the molecule is CCOC(=O)/C(C)=C/[C@H](C(C)CC)N(C)C(=O)C(NC(=O)[C@@H](NC)C(C)(C)c1ccccc1)C(C)(C)C. The van der Waals surface area contributed by atoms with E-state index >= 15 is 0 Å². The van der Waals surface area contributed by atoms with E-state index in [1.807, 2.05) is 71.9 Å². The van der Waals surface area contributed by atoms with Gasteiger partial charge in [0.1, 0.15) is 6.04 Å². The molecule has 2 unspecified atom stereocenters. The molecule has 1 rings (SSSR count). The van der Waals surface area contributed by atoms with Crippen LogP contribution in [0.5, 0.6) is 0 Å². The lowest BCUT2D eigenvalue weighted by Gasteiger charge is -2.40. The second kappa shape index (κ2) is 13.8. The van der Waals surface area contributed by atoms with E-state index in [0.29, 0.717) is 5.57 Å². The third-order valence-electron chi connectivity index (χ3n) is 7.23. The molecular weight excluding hydrogens is 466 g/mol. The molecule has 1 aromatic rings. The maximum Gasteiger partial charge on any atom is 0.333 e. The van der Waals surface area contributed by atoms with E-state index in [1.165, 1.54) is 0 Å². The fourth-order valence-electron chi connectivity index (χ4n) is 4.55. The van der Waals surface area contributed by atoms with Crippen molar-refractivity contribution in [1.29, 1.82) is 0 Å². The van der Waals surface area contributed by atoms with Gasteiger partial charge in [0.2, 0.25) is 11.8 Å². The minimum Gasteiger partial charge on any atom is -0.463 e. The van der Waals surface area contributed by atoms with Crippen molar-refractivity contribution in [3.63, 3.8) is 0 Å². The monoisotopic (exact) mass is 515 g/mol. The second-order valence-electron chi connectivity index (χ2n) is 11.5. The first-order valence-corrected chi connectivity index (χ1v) is 13.3. The molecule has 0 radical (unpaired) electrons. The number of hydrogen-bond acceptors (Lipinski definition) is 5. The van der Waals surface area contributed by atoms with Crippen molar-refractivity contribution in [3.05, 3.63) is 47.5 Å². The summed E-state index contributed by atoms with van der Waals surface area (Å²) in [5.41, 5.74) is 0.423. The molecule has 2 amide bonds. The Morgan fingerprint density at radius 2 is 1.59 bits per heavy atom. The maximum atomic E-state index is 13.9. The molecule has 0 saturated heterocycles. The van der Waals surface area contributed by atoms with Crippen molar-refractivity contribution in [1.82, 2.24) is 15.5 Å². The molecule has 208 valence electrons. The molecule has 0 bridgehead atoms. The fourth-order valence-corrected chi connectivity index (χ4v) is 4.55. The van der Waals surface area contributed by atoms with E-state index in [1.54, 1.807) is 38.9 Å². The lowest BCUT2D eigenvalue weighted by atomic mass is 9.76. The van der Waals surface area contributed by atoms with Gasteiger partial charge in [0.05, 0.1) is 18.7 Å². The smallest absolute Gasteiger partial charge is 0.333 e. The van der Waals surface area contributed by atoms with Crippen molar-refractivity contribution in [3.8, 4) is 0 Å². The summed E-state index contributed by atoms with van der Waals surface area (Å²) >= 11 is 0. The van der Waals surface area contributed by atoms with Crippen LogP contribution in [0.15, 0.2) is 42.0 Å². The first-order chi connectivity index (χ1) is 17.1. The minimum atomic E-state index is -0.768. The first kappa shape index (κ1) is 32.4. The van der Waals surface area contributed by atoms with Gasteiger partial charge >= 0.3 is 5.97 Å². The number of amides is 2. The number of carbonyl (C=O) groups is 3. The quantitative estimate of drug-likeness (QED) is 0.317. The topological polar surface area (TPSA) is 87.7 Å². The van der Waals surface area contributed by atoms with E-state index < -0.39 is 28.9 Å². The Kier molecular flexibility index (Phi) is 12.0. The predicted octanol–water partition coefficient (Wildman–Crippen LogP) is 4.47. The maximum absolute atomic E-state index is 13.9. The van der Waals surface area contributed by atoms with E-state index in [0.717, 1.165) is 12.0 Å². The highest BCUT2D eigenvalue weighted by molar-refractivity contribution is 5.92. The lowest BCUT2D eigenvalue weighted by molar-refractivity contribution is -0.141. The van der Waals surface area contributed by atoms with Crippen LogP contribution in [-0.2, 0) is 24.5 Å². The zero-order chi connectivity index (χ0) is 28.6. The van der Waals surface area contributed by atoms with Gasteiger partial charge in [0.15, 0.2) is 0 Å². The number of likely N-dealkylation sites (N-methyl/N-ethyl adjacent to an activating group) is 2. The summed E-state index contributed by atoms with van der Waals surface area (Å²) < 4.78 is 5.14. The van der Waals surface area contributed by atoms with Gasteiger partial charge < -0.3 is 20.3 Å². The Bertz CT molecular complexity index is 934. The molecule has 0 aromatic heterocycles. The zero-order valence-electron chi connectivity index (χ0n) is 24.8. The average molecular weight is 516 g/mol. The van der Waals surface area contributed by atoms with Crippen LogP contribution >= 0.6 is 0 Å². The van der Waals surface area contributed by atoms with Crippen molar-refractivity contribution in [2.45, 2.75) is 92.3 Å². The number of carbonyl (C=O) groups excluding carboxylic acids is 3. The van der Waals surface area contributed by atoms with Crippen LogP contribution in [0.1, 0.15) is 74.3 Å². The van der Waals surface area contributed by atoms with Gasteiger partial charge in [0.25, 0.3) is 0 Å². The Labute approximate surface area is 224 Å². The minimum absolute atomic E-state index is 0.0942. The van der Waals surface area contributed by atoms with Gasteiger partial charge in [-0.3, -0.25) is 9.59 Å². The summed E-state index contributed by atoms with van der Waals surface area (Å²) in [5, 5.41) is 6.24. The van der Waals surface area contributed by atoms with Crippen LogP contribution < -0.4 is 10.6 Å². The van der Waals surface area contributed by atoms with Crippen LogP contribution in [-0.4, -0.2) is 61.5 Å². The molecular formula is C30H49N3O4. The molecule has 1 aromatic carbocycles. The number of nitrogens with zero attached hydrogens (tertiary/aromatic N) is 1. The van der Waals surface area contributed by atoms with E-state index in [9.17, 15) is 14.4 Å². The normalized spacial score (nSPS) is 15.8. The summed E-state index contributed by atoms with van der Waals surface area (Å²) in [7, 11) is 3.50. The second-order valence-corrected chi connectivity index (χ2v) is 11.5. The highest BCUT2D eigenvalue weighted by atomic mass is 16.5. The van der Waals surface area contributed by atoms with Crippen LogP contribution in [0.2, 0.25) is 0 Å². The highest BCUT2D eigenvalue weighted by Crippen LogP contribution is 2.29. The zero-order valence-corrected chi connectivity index (χ0v) is 24.8. The number of nitrogens with one attached hydrogen (secondary N) is 2. The highest BCUT2D eigenvalue weighted by Gasteiger charge is 2.41.